The van der Waals surface area contributed by atoms with Crippen LogP contribution in [0.4, 0.5) is 0 Å². The highest BCUT2D eigenvalue weighted by molar-refractivity contribution is 5.02. The molecule has 2 aliphatic heterocycles. The molecule has 2 saturated carbocycles. The zero-order valence-corrected chi connectivity index (χ0v) is 30.5. The van der Waals surface area contributed by atoms with E-state index < -0.39 is 134 Å². The molecule has 0 amide bonds. The van der Waals surface area contributed by atoms with Crippen molar-refractivity contribution in [2.24, 2.45) is 45.9 Å². The number of aliphatic hydroxyl groups is 8. The van der Waals surface area contributed by atoms with Crippen LogP contribution in [0.15, 0.2) is 0 Å². The minimum absolute atomic E-state index is 0.0106. The lowest BCUT2D eigenvalue weighted by molar-refractivity contribution is -0.292. The van der Waals surface area contributed by atoms with Crippen LogP contribution in [0.1, 0.15) is 12.8 Å². The van der Waals surface area contributed by atoms with E-state index in [1.807, 2.05) is 0 Å². The molecular weight excluding hydrogens is 722 g/mol. The number of hydrogen-bond donors (Lipinski definition) is 16. The molecule has 4 rings (SSSR count). The highest BCUT2D eigenvalue weighted by Crippen LogP contribution is 2.30. The fourth-order valence-corrected chi connectivity index (χ4v) is 7.48. The minimum atomic E-state index is -1.41. The molecule has 54 heavy (non-hydrogen) atoms. The van der Waals surface area contributed by atoms with E-state index in [9.17, 15) is 40.9 Å². The third-order valence-electron chi connectivity index (χ3n) is 10.7. The molecule has 4 fully saturated rings. The normalized spacial score (nSPS) is 47.4. The molecule has 22 atom stereocenters. The van der Waals surface area contributed by atoms with E-state index in [1.54, 1.807) is 11.9 Å². The van der Waals surface area contributed by atoms with Gasteiger partial charge in [-0.2, -0.15) is 0 Å². The first-order valence-electron chi connectivity index (χ1n) is 18.3. The van der Waals surface area contributed by atoms with Gasteiger partial charge in [-0.15, -0.1) is 0 Å². The molecule has 0 radical (unpaired) electrons. The van der Waals surface area contributed by atoms with Crippen LogP contribution in [-0.4, -0.2) is 226 Å². The Morgan fingerprint density at radius 3 is 1.24 bits per heavy atom. The molecule has 22 unspecified atom stereocenters. The van der Waals surface area contributed by atoms with Crippen molar-refractivity contribution in [1.29, 1.82) is 0 Å². The maximum Gasteiger partial charge on any atom is 0.176 e. The zero-order chi connectivity index (χ0) is 40.2. The van der Waals surface area contributed by atoms with Crippen LogP contribution in [0, 0.1) is 0 Å². The van der Waals surface area contributed by atoms with Gasteiger partial charge in [0.15, 0.2) is 12.6 Å². The third kappa shape index (κ3) is 10.8. The molecule has 318 valence electrons. The predicted molar refractivity (Wildman–Crippen MR) is 187 cm³/mol. The van der Waals surface area contributed by atoms with Crippen LogP contribution in [0.5, 0.6) is 0 Å². The van der Waals surface area contributed by atoms with Crippen molar-refractivity contribution in [3.05, 3.63) is 0 Å². The molecule has 4 aliphatic rings. The van der Waals surface area contributed by atoms with E-state index in [2.05, 4.69) is 0 Å². The van der Waals surface area contributed by atoms with Gasteiger partial charge in [-0.25, -0.2) is 0 Å². The Labute approximate surface area is 313 Å². The Hall–Kier alpha value is -0.920. The van der Waals surface area contributed by atoms with Gasteiger partial charge in [0, 0.05) is 50.3 Å². The van der Waals surface area contributed by atoms with E-state index in [0.29, 0.717) is 0 Å². The Kier molecular flexibility index (Phi) is 17.1. The Morgan fingerprint density at radius 1 is 0.556 bits per heavy atom. The average molecular weight is 788 g/mol. The van der Waals surface area contributed by atoms with Crippen molar-refractivity contribution in [3.8, 4) is 0 Å². The van der Waals surface area contributed by atoms with Crippen molar-refractivity contribution < 1.29 is 69.3 Å². The van der Waals surface area contributed by atoms with E-state index in [0.717, 1.165) is 0 Å². The average Bonchev–Trinajstić information content (AvgIpc) is 3.12. The highest BCUT2D eigenvalue weighted by atomic mass is 16.7. The highest BCUT2D eigenvalue weighted by Gasteiger charge is 2.50. The smallest absolute Gasteiger partial charge is 0.176 e. The monoisotopic (exact) mass is 787 g/mol. The summed E-state index contributed by atoms with van der Waals surface area (Å²) in [7, 11) is 1.62. The minimum Gasteiger partial charge on any atom is -0.389 e. The molecule has 2 saturated heterocycles. The van der Waals surface area contributed by atoms with Crippen molar-refractivity contribution in [1.82, 2.24) is 4.90 Å². The lowest BCUT2D eigenvalue weighted by Gasteiger charge is -2.47. The number of aliphatic hydroxyl groups excluding tert-OH is 8. The van der Waals surface area contributed by atoms with Crippen LogP contribution < -0.4 is 45.9 Å². The summed E-state index contributed by atoms with van der Waals surface area (Å²) in [6.07, 6.45) is -18.8. The SMILES string of the molecule is CN(CC(O)COC1C(O)C(N)CC(N)C1OC1OC(CN)C(O)C(O)C1N)CC(O)COC1C(O)C(N)CC(N)C1OC1OC(CN)C(O)C(O)C1N. The van der Waals surface area contributed by atoms with Gasteiger partial charge in [0.2, 0.25) is 0 Å². The van der Waals surface area contributed by atoms with Crippen molar-refractivity contribution in [2.45, 2.75) is 147 Å². The molecule has 24 N–H and O–H groups in total. The van der Waals surface area contributed by atoms with Gasteiger partial charge < -0.3 is 120 Å². The summed E-state index contributed by atoms with van der Waals surface area (Å²) in [5.74, 6) is 0. The second-order valence-electron chi connectivity index (χ2n) is 15.1. The van der Waals surface area contributed by atoms with Crippen molar-refractivity contribution >= 4 is 0 Å². The number of ether oxygens (including phenoxy) is 6. The molecule has 0 aromatic carbocycles. The van der Waals surface area contributed by atoms with Crippen LogP contribution in [0.3, 0.4) is 0 Å². The molecule has 0 aromatic heterocycles. The summed E-state index contributed by atoms with van der Waals surface area (Å²) >= 11 is 0. The number of nitrogens with two attached hydrogens (primary N) is 8. The Bertz CT molecular complexity index is 1050. The maximum atomic E-state index is 10.9. The van der Waals surface area contributed by atoms with Crippen molar-refractivity contribution in [2.75, 3.05) is 46.4 Å². The summed E-state index contributed by atoms with van der Waals surface area (Å²) < 4.78 is 35.2. The molecule has 2 heterocycles. The summed E-state index contributed by atoms with van der Waals surface area (Å²) in [6.45, 7) is -0.906. The van der Waals surface area contributed by atoms with E-state index >= 15 is 0 Å². The summed E-state index contributed by atoms with van der Waals surface area (Å²) in [4.78, 5) is 1.59. The van der Waals surface area contributed by atoms with Crippen LogP contribution in [-0.2, 0) is 28.4 Å². The first kappa shape index (κ1) is 45.8. The van der Waals surface area contributed by atoms with Crippen molar-refractivity contribution in [3.63, 3.8) is 0 Å². The molecule has 23 heteroatoms. The quantitative estimate of drug-likeness (QED) is 0.0690. The second-order valence-corrected chi connectivity index (χ2v) is 15.1. The molecule has 23 nitrogen and oxygen atoms in total. The van der Waals surface area contributed by atoms with Crippen LogP contribution >= 0.6 is 0 Å². The summed E-state index contributed by atoms with van der Waals surface area (Å²) in [6, 6.07) is -5.43. The fourth-order valence-electron chi connectivity index (χ4n) is 7.48. The molecule has 0 spiro atoms. The number of likely N-dealkylation sites (N-methyl/N-ethyl adjacent to an activating group) is 1. The number of nitrogens with zero attached hydrogens (tertiary/aromatic N) is 1. The standard InChI is InChI=1S/C31H65N9O14/c1-40(6-10(41)8-49-28-20(43)12(34)2-14(36)26(28)53-30-18(38)24(47)22(45)16(4-32)51-30)7-11(42)9-50-29-21(44)13(35)3-15(37)27(29)54-31-19(39)25(48)23(46)17(5-33)52-31/h10-31,41-48H,2-9,32-39H2,1H3. The lowest BCUT2D eigenvalue weighted by Crippen LogP contribution is -2.68. The van der Waals surface area contributed by atoms with Crippen LogP contribution in [0.2, 0.25) is 0 Å². The first-order chi connectivity index (χ1) is 25.4. The van der Waals surface area contributed by atoms with E-state index in [4.69, 9.17) is 74.3 Å². The summed E-state index contributed by atoms with van der Waals surface area (Å²) in [5, 5.41) is 84.8. The fraction of sp³-hybridized carbons (Fsp3) is 1.00. The third-order valence-corrected chi connectivity index (χ3v) is 10.7. The lowest BCUT2D eigenvalue weighted by atomic mass is 9.84. The Morgan fingerprint density at radius 2 is 0.907 bits per heavy atom. The predicted octanol–water partition coefficient (Wildman–Crippen LogP) is -10.5. The van der Waals surface area contributed by atoms with Gasteiger partial charge >= 0.3 is 0 Å². The first-order valence-corrected chi connectivity index (χ1v) is 18.3. The maximum absolute atomic E-state index is 10.9. The van der Waals surface area contributed by atoms with Gasteiger partial charge in [0.25, 0.3) is 0 Å². The number of rotatable bonds is 16. The van der Waals surface area contributed by atoms with Gasteiger partial charge in [-0.1, -0.05) is 0 Å². The van der Waals surface area contributed by atoms with Gasteiger partial charge in [0.05, 0.1) is 49.7 Å². The van der Waals surface area contributed by atoms with E-state index in [-0.39, 0.29) is 52.2 Å². The Balaban J connectivity index is 1.30. The number of hydrogen-bond acceptors (Lipinski definition) is 23. The molecule has 0 bridgehead atoms. The van der Waals surface area contributed by atoms with Gasteiger partial charge in [-0.05, 0) is 19.9 Å². The topological polar surface area (TPSA) is 429 Å². The second kappa shape index (κ2) is 20.2. The van der Waals surface area contributed by atoms with Crippen LogP contribution in [0.25, 0.3) is 0 Å². The molecule has 2 aliphatic carbocycles. The summed E-state index contributed by atoms with van der Waals surface area (Å²) in [5.41, 5.74) is 48.3. The largest absolute Gasteiger partial charge is 0.389 e. The van der Waals surface area contributed by atoms with Gasteiger partial charge in [0.1, 0.15) is 61.0 Å². The van der Waals surface area contributed by atoms with Gasteiger partial charge in [-0.3, -0.25) is 0 Å². The zero-order valence-electron chi connectivity index (χ0n) is 30.5. The molecular formula is C31H65N9O14. The van der Waals surface area contributed by atoms with E-state index in [1.165, 1.54) is 0 Å². The molecule has 0 aromatic rings.